The van der Waals surface area contributed by atoms with Gasteiger partial charge in [0.15, 0.2) is 23.0 Å². The fourth-order valence-corrected chi connectivity index (χ4v) is 12.9. The highest BCUT2D eigenvalue weighted by molar-refractivity contribution is 7.78. The molecule has 4 unspecified atom stereocenters. The summed E-state index contributed by atoms with van der Waals surface area (Å²) in [7, 11) is -8.51. The maximum Gasteiger partial charge on any atom is 0.447 e. The van der Waals surface area contributed by atoms with Crippen LogP contribution in [0.4, 0.5) is 0 Å². The van der Waals surface area contributed by atoms with Gasteiger partial charge < -0.3 is 46.7 Å². The van der Waals surface area contributed by atoms with Crippen LogP contribution in [0.2, 0.25) is 0 Å². The molecular formula is C42H38N3O10P3. The monoisotopic (exact) mass is 837 g/mol. The second kappa shape index (κ2) is 18.1. The van der Waals surface area contributed by atoms with Crippen LogP contribution < -0.4 is 37.2 Å². The Morgan fingerprint density at radius 2 is 0.897 bits per heavy atom. The van der Waals surface area contributed by atoms with E-state index in [9.17, 15) is 0 Å². The molecule has 2 saturated heterocycles. The molecule has 58 heavy (non-hydrogen) atoms. The maximum absolute atomic E-state index is 7.21. The van der Waals surface area contributed by atoms with Crippen molar-refractivity contribution in [1.82, 2.24) is 9.21 Å². The molecule has 0 saturated carbocycles. The normalized spacial score (nSPS) is 22.4. The van der Waals surface area contributed by atoms with Crippen molar-refractivity contribution < 1.29 is 46.7 Å². The van der Waals surface area contributed by atoms with Gasteiger partial charge in [-0.2, -0.15) is 0 Å². The zero-order chi connectivity index (χ0) is 39.0. The first-order chi connectivity index (χ1) is 28.7. The number of ether oxygens (including phenoxy) is 4. The van der Waals surface area contributed by atoms with Crippen LogP contribution in [0.3, 0.4) is 0 Å². The third-order valence-electron chi connectivity index (χ3n) is 8.35. The van der Waals surface area contributed by atoms with Crippen molar-refractivity contribution in [2.24, 2.45) is 4.52 Å². The van der Waals surface area contributed by atoms with E-state index in [4.69, 9.17) is 51.2 Å². The molecule has 0 spiro atoms. The Morgan fingerprint density at radius 3 is 1.36 bits per heavy atom. The summed E-state index contributed by atoms with van der Waals surface area (Å²) >= 11 is 0. The second-order valence-electron chi connectivity index (χ2n) is 12.8. The van der Waals surface area contributed by atoms with Crippen molar-refractivity contribution in [3.63, 3.8) is 0 Å². The van der Waals surface area contributed by atoms with Gasteiger partial charge in [-0.3, -0.25) is 0 Å². The van der Waals surface area contributed by atoms with Crippen LogP contribution >= 0.6 is 24.6 Å². The fourth-order valence-electron chi connectivity index (χ4n) is 5.34. The molecule has 0 amide bonds. The Morgan fingerprint density at radius 1 is 0.500 bits per heavy atom. The van der Waals surface area contributed by atoms with E-state index in [1.165, 1.54) is 4.60 Å². The van der Waals surface area contributed by atoms with E-state index in [0.29, 0.717) is 72.4 Å². The van der Waals surface area contributed by atoms with E-state index in [0.717, 1.165) is 0 Å². The minimum atomic E-state index is -4.06. The summed E-state index contributed by atoms with van der Waals surface area (Å²) in [6.45, 7) is 1.92. The molecule has 13 nitrogen and oxygen atoms in total. The van der Waals surface area contributed by atoms with Crippen LogP contribution in [-0.2, 0) is 9.47 Å². The molecule has 9 rings (SSSR count). The lowest BCUT2D eigenvalue weighted by atomic mass is 10.3. The van der Waals surface area contributed by atoms with Gasteiger partial charge in [-0.25, -0.2) is 0 Å². The van der Waals surface area contributed by atoms with Crippen LogP contribution in [0.25, 0.3) is 0 Å². The molecule has 2 fully saturated rings. The first kappa shape index (κ1) is 38.2. The summed E-state index contributed by atoms with van der Waals surface area (Å²) in [6.07, 6.45) is -0.0135. The molecule has 3 aliphatic rings. The fraction of sp³-hybridized carbons (Fsp3) is 0.143. The van der Waals surface area contributed by atoms with Crippen molar-refractivity contribution in [3.8, 4) is 46.0 Å². The molecule has 0 aromatic heterocycles. The third-order valence-corrected chi connectivity index (χ3v) is 15.2. The van der Waals surface area contributed by atoms with Gasteiger partial charge in [0.1, 0.15) is 48.4 Å². The number of epoxide rings is 2. The first-order valence-electron chi connectivity index (χ1n) is 18.5. The Balaban J connectivity index is 1.26. The molecular weight excluding hydrogens is 799 g/mol. The van der Waals surface area contributed by atoms with Crippen LogP contribution in [0, 0.1) is 0 Å². The molecule has 0 radical (unpaired) electrons. The summed E-state index contributed by atoms with van der Waals surface area (Å²) in [5, 5.41) is 0. The lowest BCUT2D eigenvalue weighted by Gasteiger charge is -2.43. The molecule has 296 valence electrons. The number of para-hydroxylation sites is 8. The standard InChI is InChI=1S/C42H38N3O10P3/c1-5-17-33(18-6-1)50-44-56(52-35-21-9-3-10-22-35)43-58(54-41-27-15-13-25-39(41)48-31-37-29-46-37,55-42-28-16-14-26-40(42)49-32-38-30-47-38)45(51-34-19-7-2-8-20-34)57(44)53-36-23-11-4-12-24-36/h1-28,37-38H,29-32H2. The second-order valence-corrected chi connectivity index (χ2v) is 18.3. The van der Waals surface area contributed by atoms with Crippen molar-refractivity contribution in [2.45, 2.75) is 12.2 Å². The SMILES string of the molecule is c1ccc(ON2P(Oc3ccccc3)N=P(Oc3ccccc3OCC3CO3)(Oc3ccccc3OCC3CO3)N(Oc3ccccc3)P2Oc2ccccc2)cc1. The lowest BCUT2D eigenvalue weighted by molar-refractivity contribution is 0.0542. The third kappa shape index (κ3) is 9.67. The van der Waals surface area contributed by atoms with E-state index in [1.54, 1.807) is 16.7 Å². The predicted molar refractivity (Wildman–Crippen MR) is 220 cm³/mol. The van der Waals surface area contributed by atoms with Gasteiger partial charge in [0.25, 0.3) is 0 Å². The van der Waals surface area contributed by atoms with Gasteiger partial charge in [0, 0.05) is 9.21 Å². The summed E-state index contributed by atoms with van der Waals surface area (Å²) < 4.78 is 60.2. The number of benzene rings is 6. The molecule has 3 heterocycles. The van der Waals surface area contributed by atoms with Gasteiger partial charge in [-0.1, -0.05) is 97.1 Å². The average Bonchev–Trinajstić information content (AvgIpc) is 4.21. The smallest absolute Gasteiger partial charge is 0.447 e. The van der Waals surface area contributed by atoms with Crippen LogP contribution in [0.1, 0.15) is 0 Å². The van der Waals surface area contributed by atoms with Crippen molar-refractivity contribution in [2.75, 3.05) is 26.4 Å². The molecule has 6 aromatic rings. The zero-order valence-electron chi connectivity index (χ0n) is 30.9. The summed E-state index contributed by atoms with van der Waals surface area (Å²) in [5.74, 6) is 3.62. The highest BCUT2D eigenvalue weighted by atomic mass is 31.3. The summed E-state index contributed by atoms with van der Waals surface area (Å²) in [5.41, 5.74) is 0. The Bertz CT molecular complexity index is 2230. The van der Waals surface area contributed by atoms with Crippen LogP contribution in [-0.4, -0.2) is 47.8 Å². The van der Waals surface area contributed by atoms with Crippen LogP contribution in [0.5, 0.6) is 46.0 Å². The molecule has 3 aliphatic heterocycles. The number of hydrogen-bond acceptors (Lipinski definition) is 13. The number of nitrogens with zero attached hydrogens (tertiary/aromatic N) is 3. The average molecular weight is 838 g/mol. The number of hydrogen-bond donors (Lipinski definition) is 0. The molecule has 0 aliphatic carbocycles. The number of rotatable bonds is 18. The van der Waals surface area contributed by atoms with Gasteiger partial charge in [-0.05, 0) is 72.8 Å². The Hall–Kier alpha value is -5.35. The highest BCUT2D eigenvalue weighted by Gasteiger charge is 2.58. The molecule has 0 bridgehead atoms. The lowest BCUT2D eigenvalue weighted by Crippen LogP contribution is -2.37. The summed E-state index contributed by atoms with van der Waals surface area (Å²) in [6, 6.07) is 52.1. The largest absolute Gasteiger partial charge is 0.487 e. The van der Waals surface area contributed by atoms with E-state index < -0.39 is 24.6 Å². The van der Waals surface area contributed by atoms with E-state index in [-0.39, 0.29) is 12.2 Å². The van der Waals surface area contributed by atoms with Crippen molar-refractivity contribution in [1.29, 1.82) is 0 Å². The Labute approximate surface area is 338 Å². The molecule has 16 heteroatoms. The quantitative estimate of drug-likeness (QED) is 0.0606. The van der Waals surface area contributed by atoms with Gasteiger partial charge >= 0.3 is 24.6 Å². The van der Waals surface area contributed by atoms with E-state index in [2.05, 4.69) is 0 Å². The van der Waals surface area contributed by atoms with Crippen molar-refractivity contribution in [3.05, 3.63) is 170 Å². The topological polar surface area (TPSA) is 118 Å². The van der Waals surface area contributed by atoms with Crippen LogP contribution in [0.15, 0.2) is 174 Å². The minimum absolute atomic E-state index is 0.00673. The van der Waals surface area contributed by atoms with Gasteiger partial charge in [-0.15, -0.1) is 4.52 Å². The molecule has 4 atom stereocenters. The van der Waals surface area contributed by atoms with Gasteiger partial charge in [0.2, 0.25) is 0 Å². The molecule has 0 N–H and O–H groups in total. The van der Waals surface area contributed by atoms with Gasteiger partial charge in [0.05, 0.1) is 13.2 Å². The highest BCUT2D eigenvalue weighted by Crippen LogP contribution is 2.78. The predicted octanol–water partition coefficient (Wildman–Crippen LogP) is 10.9. The molecule has 6 aromatic carbocycles. The van der Waals surface area contributed by atoms with E-state index >= 15 is 0 Å². The minimum Gasteiger partial charge on any atom is -0.487 e. The first-order valence-corrected chi connectivity index (χ1v) is 22.3. The maximum atomic E-state index is 7.21. The Kier molecular flexibility index (Phi) is 11.9. The van der Waals surface area contributed by atoms with Crippen molar-refractivity contribution >= 4 is 24.6 Å². The van der Waals surface area contributed by atoms with E-state index in [1.807, 2.05) is 158 Å². The zero-order valence-corrected chi connectivity index (χ0v) is 33.6. The summed E-state index contributed by atoms with van der Waals surface area (Å²) in [4.78, 5) is 13.7.